The highest BCUT2D eigenvalue weighted by molar-refractivity contribution is 7.08. The zero-order chi connectivity index (χ0) is 12.9. The van der Waals surface area contributed by atoms with Gasteiger partial charge < -0.3 is 10.4 Å². The number of carbonyl (C=O) groups excluding carboxylic acids is 1. The molecule has 17 heavy (non-hydrogen) atoms. The molecule has 1 amide bonds. The van der Waals surface area contributed by atoms with E-state index in [0.717, 1.165) is 5.69 Å². The third-order valence-corrected chi connectivity index (χ3v) is 3.79. The van der Waals surface area contributed by atoms with Crippen molar-refractivity contribution in [3.63, 3.8) is 0 Å². The number of hydrogen-bond donors (Lipinski definition) is 2. The number of thiophene rings is 1. The molecular weight excluding hydrogens is 238 g/mol. The molecule has 0 unspecified atom stereocenters. The highest BCUT2D eigenvalue weighted by Crippen LogP contribution is 2.31. The van der Waals surface area contributed by atoms with E-state index in [4.69, 9.17) is 0 Å². The highest BCUT2D eigenvalue weighted by Gasteiger charge is 2.37. The monoisotopic (exact) mass is 255 g/mol. The van der Waals surface area contributed by atoms with Crippen molar-refractivity contribution in [2.75, 3.05) is 5.32 Å². The SMILES string of the molecule is CCC(CC)(CC(=O)Nc1ccsc1)C(=O)O. The lowest BCUT2D eigenvalue weighted by Gasteiger charge is -2.25. The number of rotatable bonds is 6. The number of anilines is 1. The fraction of sp³-hybridized carbons (Fsp3) is 0.500. The van der Waals surface area contributed by atoms with Gasteiger partial charge in [0, 0.05) is 11.8 Å². The molecule has 5 heteroatoms. The lowest BCUT2D eigenvalue weighted by atomic mass is 9.79. The van der Waals surface area contributed by atoms with Crippen molar-refractivity contribution < 1.29 is 14.7 Å². The molecule has 94 valence electrons. The van der Waals surface area contributed by atoms with Gasteiger partial charge in [0.15, 0.2) is 0 Å². The van der Waals surface area contributed by atoms with Crippen LogP contribution in [0, 0.1) is 5.41 Å². The quantitative estimate of drug-likeness (QED) is 0.821. The minimum atomic E-state index is -0.944. The summed E-state index contributed by atoms with van der Waals surface area (Å²) in [6.07, 6.45) is 0.928. The normalized spacial score (nSPS) is 11.2. The Bertz CT molecular complexity index is 382. The second-order valence-electron chi connectivity index (χ2n) is 4.03. The molecule has 0 aliphatic carbocycles. The van der Waals surface area contributed by atoms with E-state index in [9.17, 15) is 14.7 Å². The van der Waals surface area contributed by atoms with E-state index in [1.165, 1.54) is 11.3 Å². The summed E-state index contributed by atoms with van der Waals surface area (Å²) in [5.74, 6) is -1.14. The first-order chi connectivity index (χ1) is 8.04. The first-order valence-corrected chi connectivity index (χ1v) is 6.54. The summed E-state index contributed by atoms with van der Waals surface area (Å²) in [6, 6.07) is 1.79. The molecule has 1 aromatic rings. The minimum absolute atomic E-state index is 0.0190. The summed E-state index contributed by atoms with van der Waals surface area (Å²) in [5, 5.41) is 15.6. The Morgan fingerprint density at radius 2 is 2.06 bits per heavy atom. The Kier molecular flexibility index (Phi) is 4.69. The predicted molar refractivity (Wildman–Crippen MR) is 68.2 cm³/mol. The van der Waals surface area contributed by atoms with Gasteiger partial charge >= 0.3 is 5.97 Å². The molecule has 0 bridgehead atoms. The number of carbonyl (C=O) groups is 2. The summed E-state index contributed by atoms with van der Waals surface area (Å²) in [6.45, 7) is 3.60. The number of aliphatic carboxylic acids is 1. The van der Waals surface area contributed by atoms with Crippen LogP contribution in [0.1, 0.15) is 33.1 Å². The summed E-state index contributed by atoms with van der Waals surface area (Å²) in [4.78, 5) is 23.0. The third kappa shape index (κ3) is 3.30. The van der Waals surface area contributed by atoms with Crippen molar-refractivity contribution in [1.82, 2.24) is 0 Å². The Morgan fingerprint density at radius 3 is 2.47 bits per heavy atom. The van der Waals surface area contributed by atoms with Gasteiger partial charge in [-0.15, -0.1) is 0 Å². The summed E-state index contributed by atoms with van der Waals surface area (Å²) < 4.78 is 0. The smallest absolute Gasteiger partial charge is 0.310 e. The molecule has 1 aromatic heterocycles. The van der Waals surface area contributed by atoms with Gasteiger partial charge in [-0.1, -0.05) is 13.8 Å². The number of nitrogens with one attached hydrogen (secondary N) is 1. The number of hydrogen-bond acceptors (Lipinski definition) is 3. The zero-order valence-electron chi connectivity index (χ0n) is 10.0. The Labute approximate surface area is 105 Å². The van der Waals surface area contributed by atoms with Crippen LogP contribution in [0.3, 0.4) is 0 Å². The van der Waals surface area contributed by atoms with Crippen molar-refractivity contribution in [1.29, 1.82) is 0 Å². The second kappa shape index (κ2) is 5.82. The first-order valence-electron chi connectivity index (χ1n) is 5.59. The molecule has 0 saturated carbocycles. The van der Waals surface area contributed by atoms with E-state index in [2.05, 4.69) is 5.32 Å². The average Bonchev–Trinajstić information content (AvgIpc) is 2.78. The van der Waals surface area contributed by atoms with E-state index >= 15 is 0 Å². The molecule has 0 fully saturated rings. The summed E-state index contributed by atoms with van der Waals surface area (Å²) in [7, 11) is 0. The maximum Gasteiger partial charge on any atom is 0.310 e. The zero-order valence-corrected chi connectivity index (χ0v) is 10.8. The fourth-order valence-corrected chi connectivity index (χ4v) is 2.31. The van der Waals surface area contributed by atoms with E-state index < -0.39 is 11.4 Å². The molecule has 0 saturated heterocycles. The molecule has 0 aromatic carbocycles. The summed E-state index contributed by atoms with van der Waals surface area (Å²) in [5.41, 5.74) is -0.216. The first kappa shape index (κ1) is 13.7. The maximum absolute atomic E-state index is 11.8. The van der Waals surface area contributed by atoms with Crippen LogP contribution in [0.4, 0.5) is 5.69 Å². The lowest BCUT2D eigenvalue weighted by molar-refractivity contribution is -0.151. The van der Waals surface area contributed by atoms with Crippen LogP contribution in [0.15, 0.2) is 16.8 Å². The maximum atomic E-state index is 11.8. The Morgan fingerprint density at radius 1 is 1.41 bits per heavy atom. The Hall–Kier alpha value is -1.36. The van der Waals surface area contributed by atoms with Crippen molar-refractivity contribution in [2.24, 2.45) is 5.41 Å². The van der Waals surface area contributed by atoms with Crippen molar-refractivity contribution >= 4 is 28.9 Å². The molecule has 0 spiro atoms. The van der Waals surface area contributed by atoms with Crippen LogP contribution < -0.4 is 5.32 Å². The Balaban J connectivity index is 2.68. The lowest BCUT2D eigenvalue weighted by Crippen LogP contribution is -2.34. The molecule has 0 radical (unpaired) electrons. The fourth-order valence-electron chi connectivity index (χ4n) is 1.73. The van der Waals surface area contributed by atoms with Gasteiger partial charge in [0.05, 0.1) is 11.1 Å². The van der Waals surface area contributed by atoms with E-state index in [-0.39, 0.29) is 12.3 Å². The van der Waals surface area contributed by atoms with Crippen molar-refractivity contribution in [3.8, 4) is 0 Å². The molecule has 0 aliphatic heterocycles. The molecule has 0 aliphatic rings. The average molecular weight is 255 g/mol. The van der Waals surface area contributed by atoms with Gasteiger partial charge in [0.1, 0.15) is 0 Å². The van der Waals surface area contributed by atoms with Gasteiger partial charge in [0.25, 0.3) is 0 Å². The van der Waals surface area contributed by atoms with Crippen LogP contribution >= 0.6 is 11.3 Å². The van der Waals surface area contributed by atoms with Crippen LogP contribution in [-0.2, 0) is 9.59 Å². The number of carboxylic acids is 1. The number of amides is 1. The van der Waals surface area contributed by atoms with E-state index in [1.54, 1.807) is 19.9 Å². The highest BCUT2D eigenvalue weighted by atomic mass is 32.1. The molecule has 2 N–H and O–H groups in total. The van der Waals surface area contributed by atoms with Gasteiger partial charge in [-0.3, -0.25) is 9.59 Å². The largest absolute Gasteiger partial charge is 0.481 e. The predicted octanol–water partition coefficient (Wildman–Crippen LogP) is 2.97. The van der Waals surface area contributed by atoms with Gasteiger partial charge in [-0.25, -0.2) is 0 Å². The topological polar surface area (TPSA) is 66.4 Å². The van der Waals surface area contributed by atoms with Crippen LogP contribution in [0.5, 0.6) is 0 Å². The van der Waals surface area contributed by atoms with Crippen molar-refractivity contribution in [3.05, 3.63) is 16.8 Å². The standard InChI is InChI=1S/C12H17NO3S/c1-3-12(4-2,11(15)16)7-10(14)13-9-5-6-17-8-9/h5-6,8H,3-4,7H2,1-2H3,(H,13,14)(H,15,16). The van der Waals surface area contributed by atoms with Crippen LogP contribution in [0.25, 0.3) is 0 Å². The molecule has 4 nitrogen and oxygen atoms in total. The number of carboxylic acid groups (broad SMARTS) is 1. The molecule has 1 heterocycles. The molecule has 1 rings (SSSR count). The van der Waals surface area contributed by atoms with Crippen molar-refractivity contribution in [2.45, 2.75) is 33.1 Å². The molecular formula is C12H17NO3S. The van der Waals surface area contributed by atoms with Gasteiger partial charge in [-0.05, 0) is 24.3 Å². The van der Waals surface area contributed by atoms with Crippen LogP contribution in [0.2, 0.25) is 0 Å². The van der Waals surface area contributed by atoms with Crippen LogP contribution in [-0.4, -0.2) is 17.0 Å². The van der Waals surface area contributed by atoms with Gasteiger partial charge in [-0.2, -0.15) is 11.3 Å². The second-order valence-corrected chi connectivity index (χ2v) is 4.81. The summed E-state index contributed by atoms with van der Waals surface area (Å²) >= 11 is 1.49. The van der Waals surface area contributed by atoms with E-state index in [0.29, 0.717) is 12.8 Å². The minimum Gasteiger partial charge on any atom is -0.481 e. The molecule has 0 atom stereocenters. The third-order valence-electron chi connectivity index (χ3n) is 3.11. The van der Waals surface area contributed by atoms with E-state index in [1.807, 2.05) is 10.8 Å². The van der Waals surface area contributed by atoms with Gasteiger partial charge in [0.2, 0.25) is 5.91 Å².